The zero-order valence-electron chi connectivity index (χ0n) is 9.34. The lowest BCUT2D eigenvalue weighted by molar-refractivity contribution is -0.146. The molecule has 8 heteroatoms. The van der Waals surface area contributed by atoms with E-state index in [-0.39, 0.29) is 15.1 Å². The molecule has 0 aromatic carbocycles. The fraction of sp³-hybridized carbons (Fsp3) is 0.444. The Hall–Kier alpha value is -0.850. The normalized spacial score (nSPS) is 11.1. The number of halogens is 2. The monoisotopic (exact) mass is 296 g/mol. The van der Waals surface area contributed by atoms with Gasteiger partial charge in [-0.15, -0.1) is 0 Å². The molecular weight excluding hydrogens is 287 g/mol. The van der Waals surface area contributed by atoms with E-state index in [1.54, 1.807) is 0 Å². The quantitative estimate of drug-likeness (QED) is 0.868. The fourth-order valence-corrected chi connectivity index (χ4v) is 2.16. The average Bonchev–Trinajstić information content (AvgIpc) is 2.58. The van der Waals surface area contributed by atoms with Crippen LogP contribution in [0.5, 0.6) is 0 Å². The molecule has 0 aliphatic rings. The number of hydrogen-bond donors (Lipinski definition) is 1. The van der Waals surface area contributed by atoms with E-state index in [1.165, 1.54) is 21.0 Å². The number of ether oxygens (including phenoxy) is 1. The van der Waals surface area contributed by atoms with Gasteiger partial charge in [0.25, 0.3) is 5.91 Å². The molecule has 0 bridgehead atoms. The zero-order valence-corrected chi connectivity index (χ0v) is 11.7. The predicted molar refractivity (Wildman–Crippen MR) is 65.7 cm³/mol. The first-order valence-electron chi connectivity index (χ1n) is 4.51. The molecule has 0 spiro atoms. The summed E-state index contributed by atoms with van der Waals surface area (Å²) in [5.74, 6) is -1.08. The van der Waals surface area contributed by atoms with Gasteiger partial charge < -0.3 is 10.1 Å². The first-order chi connectivity index (χ1) is 7.79. The van der Waals surface area contributed by atoms with Gasteiger partial charge in [-0.2, -0.15) is 4.37 Å². The first-order valence-corrected chi connectivity index (χ1v) is 6.04. The van der Waals surface area contributed by atoms with Crippen LogP contribution in [-0.4, -0.2) is 28.9 Å². The largest absolute Gasteiger partial charge is 0.467 e. The maximum Gasteiger partial charge on any atom is 0.330 e. The molecule has 1 N–H and O–H groups in total. The second kappa shape index (κ2) is 5.20. The first kappa shape index (κ1) is 14.2. The van der Waals surface area contributed by atoms with Crippen molar-refractivity contribution in [1.29, 1.82) is 0 Å². The van der Waals surface area contributed by atoms with Crippen molar-refractivity contribution in [1.82, 2.24) is 9.69 Å². The molecule has 1 heterocycles. The fourth-order valence-electron chi connectivity index (χ4n) is 1.05. The van der Waals surface area contributed by atoms with Crippen molar-refractivity contribution in [3.05, 3.63) is 15.1 Å². The van der Waals surface area contributed by atoms with Crippen molar-refractivity contribution < 1.29 is 14.3 Å². The molecule has 0 unspecified atom stereocenters. The molecule has 1 aromatic rings. The topological polar surface area (TPSA) is 68.3 Å². The number of rotatable bonds is 3. The second-order valence-corrected chi connectivity index (χ2v) is 5.20. The van der Waals surface area contributed by atoms with Crippen LogP contribution in [0.25, 0.3) is 0 Å². The standard InChI is InChI=1S/C9H10Cl2N2O3S/c1-9(2,8(15)16-3)12-7(14)5-4(10)6(11)13-17-5/h1-3H3,(H,12,14). The Morgan fingerprint density at radius 3 is 2.41 bits per heavy atom. The maximum atomic E-state index is 11.8. The number of esters is 1. The zero-order chi connectivity index (χ0) is 13.2. The summed E-state index contributed by atoms with van der Waals surface area (Å²) in [6.07, 6.45) is 0. The van der Waals surface area contributed by atoms with Crippen molar-refractivity contribution in [2.45, 2.75) is 19.4 Å². The Morgan fingerprint density at radius 2 is 2.00 bits per heavy atom. The number of nitrogens with one attached hydrogen (secondary N) is 1. The van der Waals surface area contributed by atoms with Crippen molar-refractivity contribution in [3.63, 3.8) is 0 Å². The van der Waals surface area contributed by atoms with Gasteiger partial charge in [0, 0.05) is 0 Å². The Labute approximate surface area is 112 Å². The highest BCUT2D eigenvalue weighted by Gasteiger charge is 2.32. The van der Waals surface area contributed by atoms with E-state index >= 15 is 0 Å². The van der Waals surface area contributed by atoms with Gasteiger partial charge in [-0.25, -0.2) is 4.79 Å². The van der Waals surface area contributed by atoms with Crippen LogP contribution in [0.3, 0.4) is 0 Å². The number of carbonyl (C=O) groups excluding carboxylic acids is 2. The molecule has 1 aromatic heterocycles. The highest BCUT2D eigenvalue weighted by atomic mass is 35.5. The van der Waals surface area contributed by atoms with E-state index in [4.69, 9.17) is 23.2 Å². The van der Waals surface area contributed by atoms with E-state index in [1.807, 2.05) is 0 Å². The molecule has 1 rings (SSSR count). The molecule has 0 saturated heterocycles. The summed E-state index contributed by atoms with van der Waals surface area (Å²) in [4.78, 5) is 23.4. The minimum Gasteiger partial charge on any atom is -0.467 e. The van der Waals surface area contributed by atoms with Crippen LogP contribution < -0.4 is 5.32 Å². The molecular formula is C9H10Cl2N2O3S. The van der Waals surface area contributed by atoms with Crippen LogP contribution >= 0.6 is 34.7 Å². The van der Waals surface area contributed by atoms with Crippen LogP contribution in [0.15, 0.2) is 0 Å². The van der Waals surface area contributed by atoms with Gasteiger partial charge in [0.1, 0.15) is 15.4 Å². The van der Waals surface area contributed by atoms with Crippen LogP contribution in [0.1, 0.15) is 23.5 Å². The molecule has 0 aliphatic carbocycles. The molecule has 17 heavy (non-hydrogen) atoms. The Balaban J connectivity index is 2.87. The van der Waals surface area contributed by atoms with Crippen LogP contribution in [0.2, 0.25) is 10.2 Å². The van der Waals surface area contributed by atoms with Gasteiger partial charge in [0.15, 0.2) is 5.15 Å². The third kappa shape index (κ3) is 3.08. The minimum absolute atomic E-state index is 0.0673. The second-order valence-electron chi connectivity index (χ2n) is 3.69. The van der Waals surface area contributed by atoms with Crippen molar-refractivity contribution >= 4 is 46.6 Å². The Bertz CT molecular complexity index is 459. The number of methoxy groups -OCH3 is 1. The third-order valence-electron chi connectivity index (χ3n) is 1.93. The van der Waals surface area contributed by atoms with Gasteiger partial charge in [0.05, 0.1) is 7.11 Å². The summed E-state index contributed by atoms with van der Waals surface area (Å²) >= 11 is 12.3. The summed E-state index contributed by atoms with van der Waals surface area (Å²) in [6, 6.07) is 0. The summed E-state index contributed by atoms with van der Waals surface area (Å²) in [5, 5.41) is 2.64. The summed E-state index contributed by atoms with van der Waals surface area (Å²) in [7, 11) is 1.24. The minimum atomic E-state index is -1.15. The number of aromatic nitrogens is 1. The molecule has 94 valence electrons. The molecule has 0 aliphatic heterocycles. The lowest BCUT2D eigenvalue weighted by atomic mass is 10.1. The number of amides is 1. The number of carbonyl (C=O) groups is 2. The lowest BCUT2D eigenvalue weighted by Gasteiger charge is -2.22. The molecule has 0 radical (unpaired) electrons. The van der Waals surface area contributed by atoms with Gasteiger partial charge in [-0.3, -0.25) is 4.79 Å². The Morgan fingerprint density at radius 1 is 1.41 bits per heavy atom. The lowest BCUT2D eigenvalue weighted by Crippen LogP contribution is -2.50. The predicted octanol–water partition coefficient (Wildman–Crippen LogP) is 2.13. The van der Waals surface area contributed by atoms with Gasteiger partial charge in [-0.1, -0.05) is 23.2 Å². The average molecular weight is 297 g/mol. The molecule has 0 atom stereocenters. The van der Waals surface area contributed by atoms with E-state index < -0.39 is 17.4 Å². The number of nitrogens with zero attached hydrogens (tertiary/aromatic N) is 1. The molecule has 0 saturated carbocycles. The van der Waals surface area contributed by atoms with Crippen molar-refractivity contribution in [2.24, 2.45) is 0 Å². The molecule has 1 amide bonds. The van der Waals surface area contributed by atoms with E-state index in [9.17, 15) is 9.59 Å². The number of hydrogen-bond acceptors (Lipinski definition) is 5. The van der Waals surface area contributed by atoms with Crippen molar-refractivity contribution in [2.75, 3.05) is 7.11 Å². The van der Waals surface area contributed by atoms with Gasteiger partial charge in [0.2, 0.25) is 0 Å². The van der Waals surface area contributed by atoms with Crippen LogP contribution in [0.4, 0.5) is 0 Å². The van der Waals surface area contributed by atoms with Gasteiger partial charge in [-0.05, 0) is 25.4 Å². The van der Waals surface area contributed by atoms with Crippen LogP contribution in [-0.2, 0) is 9.53 Å². The Kier molecular flexibility index (Phi) is 4.35. The smallest absolute Gasteiger partial charge is 0.330 e. The highest BCUT2D eigenvalue weighted by molar-refractivity contribution is 7.09. The van der Waals surface area contributed by atoms with Crippen molar-refractivity contribution in [3.8, 4) is 0 Å². The molecule has 0 fully saturated rings. The SMILES string of the molecule is COC(=O)C(C)(C)NC(=O)c1snc(Cl)c1Cl. The van der Waals surface area contributed by atoms with Crippen LogP contribution in [0, 0.1) is 0 Å². The third-order valence-corrected chi connectivity index (χ3v) is 3.72. The summed E-state index contributed by atoms with van der Waals surface area (Å²) < 4.78 is 8.29. The van der Waals surface area contributed by atoms with Gasteiger partial charge >= 0.3 is 5.97 Å². The summed E-state index contributed by atoms with van der Waals surface area (Å²) in [5.41, 5.74) is -1.15. The maximum absolute atomic E-state index is 11.8. The summed E-state index contributed by atoms with van der Waals surface area (Å²) in [6.45, 7) is 3.04. The van der Waals surface area contributed by atoms with E-state index in [0.717, 1.165) is 11.5 Å². The highest BCUT2D eigenvalue weighted by Crippen LogP contribution is 2.28. The van der Waals surface area contributed by atoms with E-state index in [0.29, 0.717) is 0 Å². The molecule has 5 nitrogen and oxygen atoms in total. The van der Waals surface area contributed by atoms with E-state index in [2.05, 4.69) is 14.4 Å².